The maximum Gasteiger partial charge on any atom is 0.310 e. The van der Waals surface area contributed by atoms with Gasteiger partial charge in [0.15, 0.2) is 0 Å². The number of aliphatic hydroxyl groups excluding tert-OH is 1. The zero-order chi connectivity index (χ0) is 23.3. The molecule has 0 aromatic rings. The van der Waals surface area contributed by atoms with Crippen molar-refractivity contribution in [3.63, 3.8) is 0 Å². The van der Waals surface area contributed by atoms with Crippen LogP contribution in [0.25, 0.3) is 0 Å². The molecule has 7 heteroatoms. The Morgan fingerprint density at radius 2 is 1.16 bits per heavy atom. The van der Waals surface area contributed by atoms with Crippen molar-refractivity contribution in [2.75, 3.05) is 26.4 Å². The molecule has 0 rings (SSSR count). The normalized spacial score (nSPS) is 12.8. The van der Waals surface area contributed by atoms with Gasteiger partial charge in [0.2, 0.25) is 0 Å². The van der Waals surface area contributed by atoms with Crippen molar-refractivity contribution in [2.24, 2.45) is 11.8 Å². The molecular weight excluding hydrogens is 400 g/mol. The first kappa shape index (κ1) is 29.4. The van der Waals surface area contributed by atoms with Crippen molar-refractivity contribution in [1.82, 2.24) is 0 Å². The molecule has 0 bridgehead atoms. The summed E-state index contributed by atoms with van der Waals surface area (Å²) in [5, 5.41) is 8.87. The second kappa shape index (κ2) is 20.3. The standard InChI is InChI=1S/C24H44O7/c1-4-6-8-10-12-16-29-22(26)19-21(24(28)31-18-14-15-25)20(3)23(27)30-17-13-11-9-7-5-2/h20-21,25H,4-19H2,1-3H3. The summed E-state index contributed by atoms with van der Waals surface area (Å²) in [7, 11) is 0. The molecule has 0 saturated heterocycles. The smallest absolute Gasteiger partial charge is 0.310 e. The topological polar surface area (TPSA) is 99.1 Å². The largest absolute Gasteiger partial charge is 0.466 e. The molecule has 0 aliphatic rings. The van der Waals surface area contributed by atoms with Gasteiger partial charge in [-0.2, -0.15) is 0 Å². The Balaban J connectivity index is 4.60. The highest BCUT2D eigenvalue weighted by Crippen LogP contribution is 2.21. The lowest BCUT2D eigenvalue weighted by Crippen LogP contribution is -2.33. The van der Waals surface area contributed by atoms with E-state index in [0.717, 1.165) is 64.2 Å². The summed E-state index contributed by atoms with van der Waals surface area (Å²) in [5.74, 6) is -3.43. The molecular formula is C24H44O7. The molecule has 2 atom stereocenters. The fraction of sp³-hybridized carbons (Fsp3) is 0.875. The van der Waals surface area contributed by atoms with Crippen molar-refractivity contribution in [2.45, 2.75) is 97.8 Å². The Bertz CT molecular complexity index is 479. The molecule has 2 unspecified atom stereocenters. The van der Waals surface area contributed by atoms with Gasteiger partial charge in [-0.3, -0.25) is 14.4 Å². The monoisotopic (exact) mass is 444 g/mol. The van der Waals surface area contributed by atoms with E-state index in [1.807, 2.05) is 0 Å². The van der Waals surface area contributed by atoms with E-state index in [1.165, 1.54) is 0 Å². The van der Waals surface area contributed by atoms with Crippen LogP contribution in [0.15, 0.2) is 0 Å². The Morgan fingerprint density at radius 1 is 0.677 bits per heavy atom. The Kier molecular flexibility index (Phi) is 19.2. The zero-order valence-corrected chi connectivity index (χ0v) is 19.9. The average Bonchev–Trinajstić information content (AvgIpc) is 2.76. The molecule has 0 aliphatic carbocycles. The summed E-state index contributed by atoms with van der Waals surface area (Å²) >= 11 is 0. The summed E-state index contributed by atoms with van der Waals surface area (Å²) in [6.45, 7) is 6.41. The SMILES string of the molecule is CCCCCCCOC(=O)CC(C(=O)OCCCO)C(C)C(=O)OCCCCCCC. The van der Waals surface area contributed by atoms with Gasteiger partial charge in [0.25, 0.3) is 0 Å². The number of rotatable bonds is 20. The lowest BCUT2D eigenvalue weighted by atomic mass is 9.91. The minimum Gasteiger partial charge on any atom is -0.466 e. The summed E-state index contributed by atoms with van der Waals surface area (Å²) in [6.07, 6.45) is 10.5. The van der Waals surface area contributed by atoms with Crippen LogP contribution in [0.1, 0.15) is 97.8 Å². The molecule has 0 aliphatic heterocycles. The third-order valence-electron chi connectivity index (χ3n) is 5.21. The molecule has 0 spiro atoms. The Labute approximate surface area is 188 Å². The first-order valence-electron chi connectivity index (χ1n) is 12.1. The van der Waals surface area contributed by atoms with Crippen molar-refractivity contribution in [3.05, 3.63) is 0 Å². The number of aliphatic hydroxyl groups is 1. The van der Waals surface area contributed by atoms with Gasteiger partial charge in [-0.05, 0) is 12.8 Å². The number of carbonyl (C=O) groups excluding carboxylic acids is 3. The van der Waals surface area contributed by atoms with Gasteiger partial charge in [-0.25, -0.2) is 0 Å². The van der Waals surface area contributed by atoms with E-state index in [1.54, 1.807) is 6.92 Å². The molecule has 0 fully saturated rings. The minimum atomic E-state index is -0.959. The third kappa shape index (κ3) is 15.8. The second-order valence-electron chi connectivity index (χ2n) is 8.06. The maximum atomic E-state index is 12.5. The molecule has 0 heterocycles. The van der Waals surface area contributed by atoms with Crippen LogP contribution in [0.3, 0.4) is 0 Å². The van der Waals surface area contributed by atoms with Crippen LogP contribution in [-0.4, -0.2) is 49.4 Å². The molecule has 0 amide bonds. The minimum absolute atomic E-state index is 0.0392. The summed E-state index contributed by atoms with van der Waals surface area (Å²) in [5.41, 5.74) is 0. The number of unbranched alkanes of at least 4 members (excludes halogenated alkanes) is 8. The Hall–Kier alpha value is -1.63. The van der Waals surface area contributed by atoms with Crippen LogP contribution >= 0.6 is 0 Å². The van der Waals surface area contributed by atoms with Crippen LogP contribution < -0.4 is 0 Å². The predicted octanol–water partition coefficient (Wildman–Crippen LogP) is 4.58. The quantitative estimate of drug-likeness (QED) is 0.167. The van der Waals surface area contributed by atoms with Gasteiger partial charge in [0.05, 0.1) is 38.1 Å². The van der Waals surface area contributed by atoms with Crippen LogP contribution in [0.4, 0.5) is 0 Å². The highest BCUT2D eigenvalue weighted by atomic mass is 16.5. The first-order chi connectivity index (χ1) is 15.0. The van der Waals surface area contributed by atoms with E-state index in [4.69, 9.17) is 19.3 Å². The highest BCUT2D eigenvalue weighted by molar-refractivity contribution is 5.85. The van der Waals surface area contributed by atoms with E-state index in [-0.39, 0.29) is 19.6 Å². The van der Waals surface area contributed by atoms with Gasteiger partial charge in [-0.1, -0.05) is 72.1 Å². The summed E-state index contributed by atoms with van der Waals surface area (Å²) < 4.78 is 15.7. The van der Waals surface area contributed by atoms with Crippen LogP contribution in [0.5, 0.6) is 0 Å². The van der Waals surface area contributed by atoms with E-state index in [0.29, 0.717) is 19.6 Å². The summed E-state index contributed by atoms with van der Waals surface area (Å²) in [4.78, 5) is 37.1. The second-order valence-corrected chi connectivity index (χ2v) is 8.06. The van der Waals surface area contributed by atoms with Gasteiger partial charge in [0.1, 0.15) is 0 Å². The van der Waals surface area contributed by atoms with E-state index in [9.17, 15) is 14.4 Å². The highest BCUT2D eigenvalue weighted by Gasteiger charge is 2.35. The lowest BCUT2D eigenvalue weighted by Gasteiger charge is -2.21. The molecule has 0 saturated carbocycles. The van der Waals surface area contributed by atoms with Crippen molar-refractivity contribution in [3.8, 4) is 0 Å². The number of ether oxygens (including phenoxy) is 3. The number of esters is 3. The van der Waals surface area contributed by atoms with Crippen LogP contribution in [0, 0.1) is 11.8 Å². The van der Waals surface area contributed by atoms with Crippen molar-refractivity contribution < 1.29 is 33.7 Å². The fourth-order valence-electron chi connectivity index (χ4n) is 3.11. The lowest BCUT2D eigenvalue weighted by molar-refractivity contribution is -0.164. The molecule has 0 radical (unpaired) electrons. The fourth-order valence-corrected chi connectivity index (χ4v) is 3.11. The maximum absolute atomic E-state index is 12.5. The zero-order valence-electron chi connectivity index (χ0n) is 19.9. The van der Waals surface area contributed by atoms with E-state index in [2.05, 4.69) is 13.8 Å². The number of carbonyl (C=O) groups is 3. The molecule has 1 N–H and O–H groups in total. The van der Waals surface area contributed by atoms with Gasteiger partial charge >= 0.3 is 17.9 Å². The van der Waals surface area contributed by atoms with E-state index < -0.39 is 29.7 Å². The first-order valence-corrected chi connectivity index (χ1v) is 12.1. The molecule has 0 aromatic heterocycles. The molecule has 7 nitrogen and oxygen atoms in total. The van der Waals surface area contributed by atoms with Crippen molar-refractivity contribution >= 4 is 17.9 Å². The average molecular weight is 445 g/mol. The van der Waals surface area contributed by atoms with E-state index >= 15 is 0 Å². The molecule has 182 valence electrons. The third-order valence-corrected chi connectivity index (χ3v) is 5.21. The predicted molar refractivity (Wildman–Crippen MR) is 119 cm³/mol. The van der Waals surface area contributed by atoms with Gasteiger partial charge < -0.3 is 19.3 Å². The van der Waals surface area contributed by atoms with Gasteiger partial charge in [-0.15, -0.1) is 0 Å². The van der Waals surface area contributed by atoms with Gasteiger partial charge in [0, 0.05) is 13.0 Å². The molecule has 0 aromatic carbocycles. The molecule has 31 heavy (non-hydrogen) atoms. The number of hydrogen-bond acceptors (Lipinski definition) is 7. The summed E-state index contributed by atoms with van der Waals surface area (Å²) in [6, 6.07) is 0. The van der Waals surface area contributed by atoms with Crippen LogP contribution in [0.2, 0.25) is 0 Å². The van der Waals surface area contributed by atoms with Crippen molar-refractivity contribution in [1.29, 1.82) is 0 Å². The Morgan fingerprint density at radius 3 is 1.71 bits per heavy atom. The number of hydrogen-bond donors (Lipinski definition) is 1. The van der Waals surface area contributed by atoms with Crippen LogP contribution in [-0.2, 0) is 28.6 Å².